The summed E-state index contributed by atoms with van der Waals surface area (Å²) in [5.74, 6) is -2.90. The summed E-state index contributed by atoms with van der Waals surface area (Å²) in [6.07, 6.45) is -7.50. The van der Waals surface area contributed by atoms with E-state index in [9.17, 15) is 35.1 Å². The van der Waals surface area contributed by atoms with Crippen molar-refractivity contribution in [2.45, 2.75) is 185 Å². The van der Waals surface area contributed by atoms with Crippen molar-refractivity contribution in [2.24, 2.45) is 17.8 Å². The van der Waals surface area contributed by atoms with Crippen molar-refractivity contribution in [3.8, 4) is 0 Å². The lowest BCUT2D eigenvalue weighted by Crippen LogP contribution is -2.60. The van der Waals surface area contributed by atoms with E-state index in [0.29, 0.717) is 13.0 Å². The zero-order chi connectivity index (χ0) is 45.5. The molecule has 60 heavy (non-hydrogen) atoms. The number of carbonyl (C=O) groups is 2. The number of nitrogens with one attached hydrogen (secondary N) is 2. The average Bonchev–Trinajstić information content (AvgIpc) is 3.17. The maximum atomic E-state index is 14.4. The normalized spacial score (nSPS) is 44.3. The van der Waals surface area contributed by atoms with Crippen LogP contribution >= 0.6 is 0 Å². The third-order valence-corrected chi connectivity index (χ3v) is 13.1. The smallest absolute Gasteiger partial charge is 0.315 e. The highest BCUT2D eigenvalue weighted by atomic mass is 16.7. The minimum Gasteiger partial charge on any atom is -0.459 e. The fraction of sp³-hybridized carbons (Fsp3) is 0.907. The van der Waals surface area contributed by atoms with Gasteiger partial charge in [-0.2, -0.15) is 0 Å². The Balaban J connectivity index is 2.18. The van der Waals surface area contributed by atoms with E-state index in [1.54, 1.807) is 54.5 Å². The number of aliphatic hydroxyl groups is 5. The second-order valence-corrected chi connectivity index (χ2v) is 18.6. The van der Waals surface area contributed by atoms with Gasteiger partial charge in [-0.15, -0.1) is 6.58 Å². The van der Waals surface area contributed by atoms with Gasteiger partial charge in [0.05, 0.1) is 41.5 Å². The van der Waals surface area contributed by atoms with Crippen LogP contribution in [0.4, 0.5) is 4.79 Å². The molecule has 0 radical (unpaired) electrons. The molecule has 3 aliphatic heterocycles. The van der Waals surface area contributed by atoms with E-state index in [2.05, 4.69) is 17.2 Å². The van der Waals surface area contributed by atoms with Crippen LogP contribution in [0.25, 0.3) is 0 Å². The van der Waals surface area contributed by atoms with Crippen LogP contribution in [-0.4, -0.2) is 185 Å². The minimum atomic E-state index is -1.93. The first-order valence-corrected chi connectivity index (χ1v) is 21.7. The molecule has 0 bridgehead atoms. The molecule has 0 aliphatic carbocycles. The fourth-order valence-corrected chi connectivity index (χ4v) is 9.44. The number of nitrogens with zero attached hydrogens (tertiary/aromatic N) is 2. The van der Waals surface area contributed by atoms with Gasteiger partial charge in [-0.1, -0.05) is 26.8 Å². The number of methoxy groups -OCH3 is 1. The molecule has 18 atom stereocenters. The van der Waals surface area contributed by atoms with E-state index in [0.717, 1.165) is 0 Å². The zero-order valence-corrected chi connectivity index (χ0v) is 38.5. The molecule has 0 saturated carbocycles. The average molecular weight is 861 g/mol. The molecule has 17 heteroatoms. The third-order valence-electron chi connectivity index (χ3n) is 13.1. The van der Waals surface area contributed by atoms with Crippen LogP contribution in [-0.2, 0) is 33.2 Å². The molecule has 0 aromatic heterocycles. The van der Waals surface area contributed by atoms with Gasteiger partial charge in [-0.25, -0.2) is 4.79 Å². The Morgan fingerprint density at radius 3 is 2.23 bits per heavy atom. The molecular formula is C43H80N4O13. The Kier molecular flexibility index (Phi) is 19.3. The molecular weight excluding hydrogens is 780 g/mol. The number of rotatable bonds is 12. The lowest BCUT2D eigenvalue weighted by molar-refractivity contribution is -0.318. The zero-order valence-electron chi connectivity index (χ0n) is 38.5. The highest BCUT2D eigenvalue weighted by Gasteiger charge is 2.53. The summed E-state index contributed by atoms with van der Waals surface area (Å²) in [6, 6.07) is -1.42. The van der Waals surface area contributed by atoms with E-state index >= 15 is 0 Å². The first kappa shape index (κ1) is 52.3. The Bertz CT molecular complexity index is 1370. The molecule has 3 heterocycles. The van der Waals surface area contributed by atoms with Crippen LogP contribution < -0.4 is 10.6 Å². The molecule has 3 saturated heterocycles. The molecule has 3 rings (SSSR count). The number of aliphatic hydroxyl groups excluding tert-OH is 3. The van der Waals surface area contributed by atoms with Crippen molar-refractivity contribution in [2.75, 3.05) is 47.4 Å². The molecule has 0 aromatic rings. The summed E-state index contributed by atoms with van der Waals surface area (Å²) >= 11 is 0. The van der Waals surface area contributed by atoms with Crippen LogP contribution in [0.3, 0.4) is 0 Å². The number of amides is 2. The van der Waals surface area contributed by atoms with Crippen LogP contribution in [0, 0.1) is 17.8 Å². The second-order valence-electron chi connectivity index (χ2n) is 18.6. The van der Waals surface area contributed by atoms with E-state index < -0.39 is 102 Å². The first-order chi connectivity index (χ1) is 27.8. The highest BCUT2D eigenvalue weighted by Crippen LogP contribution is 2.40. The van der Waals surface area contributed by atoms with Crippen molar-refractivity contribution in [3.05, 3.63) is 12.7 Å². The SMILES string of the molecule is C=CCNC(=O)NCCN1C[C@H](C)C[C@@](C)(O)[C@@H](O[C@@H]2O[C@H](C)C[C@H](N(C)C)[C@H]2O)[C@H](C)[C@@H](O[C@@H]2C[C@@](C)(OC)[C@@H](O)[C@H](C)O2)[C@@H](C)C(=O)O[C@H](CC)[C@@](C)(O)[C@H](O)[C@H]1C. The predicted octanol–water partition coefficient (Wildman–Crippen LogP) is 1.76. The number of hydrogen-bond acceptors (Lipinski definition) is 15. The van der Waals surface area contributed by atoms with Gasteiger partial charge in [0, 0.05) is 57.7 Å². The van der Waals surface area contributed by atoms with E-state index in [1.807, 2.05) is 37.7 Å². The topological polar surface area (TPSA) is 221 Å². The van der Waals surface area contributed by atoms with Crippen LogP contribution in [0.2, 0.25) is 0 Å². The second kappa shape index (κ2) is 22.1. The Hall–Kier alpha value is -2.00. The predicted molar refractivity (Wildman–Crippen MR) is 225 cm³/mol. The molecule has 0 aromatic carbocycles. The van der Waals surface area contributed by atoms with E-state index in [1.165, 1.54) is 14.0 Å². The van der Waals surface area contributed by atoms with Crippen molar-refractivity contribution in [1.29, 1.82) is 0 Å². The van der Waals surface area contributed by atoms with Crippen LogP contribution in [0.1, 0.15) is 94.9 Å². The van der Waals surface area contributed by atoms with Gasteiger partial charge < -0.3 is 69.5 Å². The molecule has 0 spiro atoms. The van der Waals surface area contributed by atoms with Gasteiger partial charge in [0.15, 0.2) is 12.6 Å². The summed E-state index contributed by atoms with van der Waals surface area (Å²) in [5.41, 5.74) is -4.64. The van der Waals surface area contributed by atoms with Crippen molar-refractivity contribution < 1.29 is 63.5 Å². The van der Waals surface area contributed by atoms with Gasteiger partial charge in [-0.05, 0) is 87.7 Å². The molecule has 350 valence electrons. The van der Waals surface area contributed by atoms with Gasteiger partial charge in [0.1, 0.15) is 30.0 Å². The van der Waals surface area contributed by atoms with Gasteiger partial charge in [-0.3, -0.25) is 9.69 Å². The van der Waals surface area contributed by atoms with Gasteiger partial charge in [0.25, 0.3) is 0 Å². The summed E-state index contributed by atoms with van der Waals surface area (Å²) in [6.45, 7) is 22.0. The third kappa shape index (κ3) is 12.8. The lowest BCUT2D eigenvalue weighted by atomic mass is 9.77. The van der Waals surface area contributed by atoms with Crippen molar-refractivity contribution in [1.82, 2.24) is 20.4 Å². The standard InChI is InChI=1S/C43H80N4O13/c1-15-17-44-40(52)45-18-19-47-23-24(3)21-41(9,53)37(60-39-33(48)30(46(12)13)20-25(4)56-39)26(5)34(59-32-22-42(10,55-14)36(50)29(8)57-32)27(6)38(51)58-31(16-2)43(11,54)35(49)28(47)7/h15,24-37,39,48-50,53-54H,1,16-23H2,2-14H3,(H2,44,45,52)/t24-,25-,26-,27-,28-,29+,30+,31-,32-,33-,34-,35-,36+,37+,39+,41-,42-,43-/m1/s1. The van der Waals surface area contributed by atoms with E-state index in [4.69, 9.17) is 28.4 Å². The summed E-state index contributed by atoms with van der Waals surface area (Å²) in [4.78, 5) is 30.7. The monoisotopic (exact) mass is 861 g/mol. The minimum absolute atomic E-state index is 0.0996. The summed E-state index contributed by atoms with van der Waals surface area (Å²) in [5, 5.41) is 64.8. The van der Waals surface area contributed by atoms with Crippen LogP contribution in [0.15, 0.2) is 12.7 Å². The summed E-state index contributed by atoms with van der Waals surface area (Å²) in [7, 11) is 5.23. The summed E-state index contributed by atoms with van der Waals surface area (Å²) < 4.78 is 37.8. The number of hydrogen-bond donors (Lipinski definition) is 7. The molecule has 2 amide bonds. The number of esters is 1. The number of ether oxygens (including phenoxy) is 6. The maximum absolute atomic E-state index is 14.4. The molecule has 7 N–H and O–H groups in total. The van der Waals surface area contributed by atoms with Gasteiger partial charge >= 0.3 is 12.0 Å². The Morgan fingerprint density at radius 1 is 1.00 bits per heavy atom. The number of cyclic esters (lactones) is 1. The highest BCUT2D eigenvalue weighted by molar-refractivity contribution is 5.74. The fourth-order valence-electron chi connectivity index (χ4n) is 9.44. The van der Waals surface area contributed by atoms with E-state index in [-0.39, 0.29) is 57.0 Å². The number of carbonyl (C=O) groups excluding carboxylic acids is 2. The molecule has 3 aliphatic rings. The Morgan fingerprint density at radius 2 is 1.65 bits per heavy atom. The van der Waals surface area contributed by atoms with Gasteiger partial charge in [0.2, 0.25) is 0 Å². The maximum Gasteiger partial charge on any atom is 0.315 e. The first-order valence-electron chi connectivity index (χ1n) is 21.7. The van der Waals surface area contributed by atoms with Crippen molar-refractivity contribution in [3.63, 3.8) is 0 Å². The van der Waals surface area contributed by atoms with Crippen LogP contribution in [0.5, 0.6) is 0 Å². The Labute approximate surface area is 358 Å². The molecule has 17 nitrogen and oxygen atoms in total. The van der Waals surface area contributed by atoms with Crippen molar-refractivity contribution >= 4 is 12.0 Å². The lowest BCUT2D eigenvalue weighted by Gasteiger charge is -2.48. The quantitative estimate of drug-likeness (QED) is 0.110. The molecule has 0 unspecified atom stereocenters. The molecule has 3 fully saturated rings. The largest absolute Gasteiger partial charge is 0.459 e. The number of likely N-dealkylation sites (N-methyl/N-ethyl adjacent to an activating group) is 1. The number of urea groups is 1.